The van der Waals surface area contributed by atoms with Crippen LogP contribution in [0.25, 0.3) is 5.69 Å². The van der Waals surface area contributed by atoms with Gasteiger partial charge in [-0.1, -0.05) is 30.0 Å². The molecule has 0 unspecified atom stereocenters. The Kier molecular flexibility index (Phi) is 3.53. The van der Waals surface area contributed by atoms with Crippen molar-refractivity contribution in [1.29, 1.82) is 0 Å². The van der Waals surface area contributed by atoms with Gasteiger partial charge in [0.25, 0.3) is 0 Å². The highest BCUT2D eigenvalue weighted by Gasteiger charge is 2.09. The fourth-order valence-electron chi connectivity index (χ4n) is 1.20. The van der Waals surface area contributed by atoms with Crippen molar-refractivity contribution in [1.82, 2.24) is 20.2 Å². The van der Waals surface area contributed by atoms with E-state index in [-0.39, 0.29) is 6.10 Å². The number of aliphatic hydroxyl groups is 1. The van der Waals surface area contributed by atoms with Gasteiger partial charge in [-0.25, -0.2) is 0 Å². The standard InChI is InChI=1S/C10H12N4OS/c1-8(15)7-16-10-11-12-13-14(10)9-5-3-2-4-6-9/h2-6,8,15H,7H2,1H3/t8-/m1/s1. The molecule has 0 saturated heterocycles. The maximum atomic E-state index is 9.21. The molecule has 5 nitrogen and oxygen atoms in total. The number of hydrogen-bond acceptors (Lipinski definition) is 5. The van der Waals surface area contributed by atoms with Crippen LogP contribution >= 0.6 is 11.8 Å². The first-order chi connectivity index (χ1) is 7.77. The molecule has 0 amide bonds. The molecule has 16 heavy (non-hydrogen) atoms. The van der Waals surface area contributed by atoms with E-state index in [9.17, 15) is 5.11 Å². The van der Waals surface area contributed by atoms with Gasteiger partial charge in [-0.05, 0) is 29.5 Å². The lowest BCUT2D eigenvalue weighted by molar-refractivity contribution is 0.220. The highest BCUT2D eigenvalue weighted by molar-refractivity contribution is 7.99. The van der Waals surface area contributed by atoms with E-state index in [4.69, 9.17) is 0 Å². The lowest BCUT2D eigenvalue weighted by atomic mass is 10.3. The van der Waals surface area contributed by atoms with Crippen molar-refractivity contribution < 1.29 is 5.11 Å². The quantitative estimate of drug-likeness (QED) is 0.806. The summed E-state index contributed by atoms with van der Waals surface area (Å²) in [6, 6.07) is 9.67. The van der Waals surface area contributed by atoms with Gasteiger partial charge in [-0.15, -0.1) is 5.10 Å². The highest BCUT2D eigenvalue weighted by Crippen LogP contribution is 2.18. The lowest BCUT2D eigenvalue weighted by Crippen LogP contribution is -2.05. The Bertz CT molecular complexity index is 443. The number of rotatable bonds is 4. The summed E-state index contributed by atoms with van der Waals surface area (Å²) in [5.74, 6) is 0.577. The molecule has 1 heterocycles. The summed E-state index contributed by atoms with van der Waals surface area (Å²) >= 11 is 1.43. The average Bonchev–Trinajstić information content (AvgIpc) is 2.75. The fraction of sp³-hybridized carbons (Fsp3) is 0.300. The molecule has 0 radical (unpaired) electrons. The first kappa shape index (κ1) is 11.1. The van der Waals surface area contributed by atoms with Crippen LogP contribution in [0, 0.1) is 0 Å². The van der Waals surface area contributed by atoms with Crippen molar-refractivity contribution in [2.45, 2.75) is 18.2 Å². The largest absolute Gasteiger partial charge is 0.393 e. The smallest absolute Gasteiger partial charge is 0.214 e. The SMILES string of the molecule is C[C@@H](O)CSc1nnnn1-c1ccccc1. The number of benzene rings is 1. The monoisotopic (exact) mass is 236 g/mol. The van der Waals surface area contributed by atoms with Crippen LogP contribution in [0.5, 0.6) is 0 Å². The normalized spacial score (nSPS) is 12.6. The molecule has 1 N–H and O–H groups in total. The number of thioether (sulfide) groups is 1. The Balaban J connectivity index is 2.19. The molecule has 2 aromatic rings. The van der Waals surface area contributed by atoms with Crippen molar-refractivity contribution in [3.05, 3.63) is 30.3 Å². The van der Waals surface area contributed by atoms with Crippen LogP contribution in [0.2, 0.25) is 0 Å². The van der Waals surface area contributed by atoms with Gasteiger partial charge in [0.2, 0.25) is 5.16 Å². The van der Waals surface area contributed by atoms with E-state index in [1.54, 1.807) is 11.6 Å². The van der Waals surface area contributed by atoms with Gasteiger partial charge in [0.05, 0.1) is 11.8 Å². The predicted octanol–water partition coefficient (Wildman–Crippen LogP) is 1.14. The zero-order valence-corrected chi connectivity index (χ0v) is 9.63. The molecule has 0 aliphatic rings. The third-order valence-corrected chi connectivity index (χ3v) is 3.06. The summed E-state index contributed by atoms with van der Waals surface area (Å²) in [7, 11) is 0. The molecule has 0 spiro atoms. The van der Waals surface area contributed by atoms with E-state index in [1.807, 2.05) is 30.3 Å². The number of tetrazole rings is 1. The maximum absolute atomic E-state index is 9.21. The maximum Gasteiger partial charge on any atom is 0.214 e. The van der Waals surface area contributed by atoms with Crippen LogP contribution in [0.1, 0.15) is 6.92 Å². The molecule has 6 heteroatoms. The van der Waals surface area contributed by atoms with Crippen LogP contribution in [0.15, 0.2) is 35.5 Å². The fourth-order valence-corrected chi connectivity index (χ4v) is 1.94. The average molecular weight is 236 g/mol. The van der Waals surface area contributed by atoms with E-state index < -0.39 is 0 Å². The number of aromatic nitrogens is 4. The molecule has 2 rings (SSSR count). The Hall–Kier alpha value is -1.40. The topological polar surface area (TPSA) is 63.8 Å². The Morgan fingerprint density at radius 2 is 2.12 bits per heavy atom. The van der Waals surface area contributed by atoms with E-state index >= 15 is 0 Å². The van der Waals surface area contributed by atoms with E-state index in [0.29, 0.717) is 10.9 Å². The van der Waals surface area contributed by atoms with Crippen molar-refractivity contribution >= 4 is 11.8 Å². The van der Waals surface area contributed by atoms with Crippen LogP contribution in [-0.4, -0.2) is 37.2 Å². The molecule has 0 bridgehead atoms. The molecule has 84 valence electrons. The molecule has 1 atom stereocenters. The van der Waals surface area contributed by atoms with Gasteiger partial charge in [-0.3, -0.25) is 0 Å². The van der Waals surface area contributed by atoms with Gasteiger partial charge in [-0.2, -0.15) is 4.68 Å². The molecule has 1 aromatic carbocycles. The first-order valence-corrected chi connectivity index (χ1v) is 5.90. The van der Waals surface area contributed by atoms with Gasteiger partial charge in [0, 0.05) is 5.75 Å². The van der Waals surface area contributed by atoms with Crippen molar-refractivity contribution in [2.75, 3.05) is 5.75 Å². The molecule has 0 saturated carbocycles. The number of aliphatic hydroxyl groups excluding tert-OH is 1. The molecule has 0 aliphatic heterocycles. The highest BCUT2D eigenvalue weighted by atomic mass is 32.2. The number of para-hydroxylation sites is 1. The van der Waals surface area contributed by atoms with Gasteiger partial charge in [0.15, 0.2) is 0 Å². The third kappa shape index (κ3) is 2.59. The minimum atomic E-state index is -0.370. The van der Waals surface area contributed by atoms with E-state index in [2.05, 4.69) is 15.5 Å². The van der Waals surface area contributed by atoms with Crippen LogP contribution in [-0.2, 0) is 0 Å². The molecular weight excluding hydrogens is 224 g/mol. The second-order valence-electron chi connectivity index (χ2n) is 3.37. The number of hydrogen-bond donors (Lipinski definition) is 1. The molecule has 0 fully saturated rings. The summed E-state index contributed by atoms with van der Waals surface area (Å²) in [5.41, 5.74) is 0.917. The lowest BCUT2D eigenvalue weighted by Gasteiger charge is -2.04. The Morgan fingerprint density at radius 3 is 2.81 bits per heavy atom. The summed E-state index contributed by atoms with van der Waals surface area (Å²) in [5, 5.41) is 21.4. The van der Waals surface area contributed by atoms with E-state index in [0.717, 1.165) is 5.69 Å². The minimum absolute atomic E-state index is 0.370. The summed E-state index contributed by atoms with van der Waals surface area (Å²) in [4.78, 5) is 0. The van der Waals surface area contributed by atoms with Crippen molar-refractivity contribution in [3.63, 3.8) is 0 Å². The van der Waals surface area contributed by atoms with Gasteiger partial charge < -0.3 is 5.11 Å². The Labute approximate surface area is 97.5 Å². The van der Waals surface area contributed by atoms with Crippen molar-refractivity contribution in [2.24, 2.45) is 0 Å². The molecular formula is C10H12N4OS. The predicted molar refractivity (Wildman–Crippen MR) is 61.6 cm³/mol. The Morgan fingerprint density at radius 1 is 1.38 bits per heavy atom. The first-order valence-electron chi connectivity index (χ1n) is 4.92. The summed E-state index contributed by atoms with van der Waals surface area (Å²) < 4.78 is 1.66. The van der Waals surface area contributed by atoms with Crippen LogP contribution < -0.4 is 0 Å². The minimum Gasteiger partial charge on any atom is -0.393 e. The summed E-state index contributed by atoms with van der Waals surface area (Å²) in [6.45, 7) is 1.74. The van der Waals surface area contributed by atoms with Crippen molar-refractivity contribution in [3.8, 4) is 5.69 Å². The van der Waals surface area contributed by atoms with Gasteiger partial charge >= 0.3 is 0 Å². The van der Waals surface area contributed by atoms with E-state index in [1.165, 1.54) is 11.8 Å². The van der Waals surface area contributed by atoms with Crippen LogP contribution in [0.4, 0.5) is 0 Å². The van der Waals surface area contributed by atoms with Gasteiger partial charge in [0.1, 0.15) is 0 Å². The molecule has 1 aromatic heterocycles. The second kappa shape index (κ2) is 5.09. The summed E-state index contributed by atoms with van der Waals surface area (Å²) in [6.07, 6.45) is -0.370. The zero-order valence-electron chi connectivity index (χ0n) is 8.82. The molecule has 0 aliphatic carbocycles. The third-order valence-electron chi connectivity index (χ3n) is 1.90. The number of nitrogens with zero attached hydrogens (tertiary/aromatic N) is 4. The second-order valence-corrected chi connectivity index (χ2v) is 4.36. The van der Waals surface area contributed by atoms with Crippen LogP contribution in [0.3, 0.4) is 0 Å². The zero-order chi connectivity index (χ0) is 11.4.